The number of allylic oxidation sites excluding steroid dienone is 4. The number of hydrogen-bond acceptors (Lipinski definition) is 2. The molecule has 0 spiro atoms. The highest BCUT2D eigenvalue weighted by molar-refractivity contribution is 6.26. The SMILES string of the molecule is C[B]OC1=CC(C)(C)C=CC(C)(C)CC1=O. The Morgan fingerprint density at radius 3 is 2.44 bits per heavy atom. The third-order valence-corrected chi connectivity index (χ3v) is 2.60. The van der Waals surface area contributed by atoms with E-state index in [0.717, 1.165) is 0 Å². The number of hydrogen-bond donors (Lipinski definition) is 0. The first-order valence-electron chi connectivity index (χ1n) is 5.67. The Morgan fingerprint density at radius 1 is 1.25 bits per heavy atom. The minimum atomic E-state index is -0.147. The zero-order valence-electron chi connectivity index (χ0n) is 10.8. The Hall–Kier alpha value is -0.985. The van der Waals surface area contributed by atoms with Gasteiger partial charge in [0.25, 0.3) is 0 Å². The predicted octanol–water partition coefficient (Wildman–Crippen LogP) is 3.14. The molecule has 0 aliphatic heterocycles. The van der Waals surface area contributed by atoms with Crippen LogP contribution in [0.2, 0.25) is 6.82 Å². The molecule has 3 heteroatoms. The molecule has 0 saturated carbocycles. The van der Waals surface area contributed by atoms with Crippen molar-refractivity contribution in [3.05, 3.63) is 24.0 Å². The fraction of sp³-hybridized carbons (Fsp3) is 0.615. The van der Waals surface area contributed by atoms with Crippen LogP contribution in [-0.2, 0) is 9.45 Å². The Balaban J connectivity index is 3.09. The van der Waals surface area contributed by atoms with Gasteiger partial charge in [0, 0.05) is 11.8 Å². The number of Topliss-reactive ketones (excluding diaryl/α,β-unsaturated/α-hetero) is 1. The Morgan fingerprint density at radius 2 is 1.88 bits per heavy atom. The van der Waals surface area contributed by atoms with E-state index in [9.17, 15) is 4.79 Å². The molecule has 1 radical (unpaired) electrons. The number of carbonyl (C=O) groups is 1. The molecule has 0 unspecified atom stereocenters. The van der Waals surface area contributed by atoms with Gasteiger partial charge in [-0.05, 0) is 11.5 Å². The topological polar surface area (TPSA) is 26.3 Å². The van der Waals surface area contributed by atoms with Gasteiger partial charge in [-0.1, -0.05) is 46.7 Å². The molecular weight excluding hydrogens is 199 g/mol. The number of carbonyl (C=O) groups excluding carboxylic acids is 1. The summed E-state index contributed by atoms with van der Waals surface area (Å²) in [6.07, 6.45) is 6.63. The van der Waals surface area contributed by atoms with Crippen molar-refractivity contribution in [2.45, 2.75) is 40.9 Å². The highest BCUT2D eigenvalue weighted by Gasteiger charge is 2.27. The fourth-order valence-electron chi connectivity index (χ4n) is 1.69. The summed E-state index contributed by atoms with van der Waals surface area (Å²) in [7, 11) is 1.55. The first-order chi connectivity index (χ1) is 7.26. The van der Waals surface area contributed by atoms with E-state index < -0.39 is 0 Å². The molecule has 1 aliphatic carbocycles. The third-order valence-electron chi connectivity index (χ3n) is 2.60. The van der Waals surface area contributed by atoms with E-state index in [1.54, 1.807) is 14.3 Å². The average Bonchev–Trinajstić information content (AvgIpc) is 2.13. The first kappa shape index (κ1) is 13.1. The van der Waals surface area contributed by atoms with E-state index >= 15 is 0 Å². The zero-order valence-corrected chi connectivity index (χ0v) is 10.8. The van der Waals surface area contributed by atoms with Crippen LogP contribution in [0.5, 0.6) is 0 Å². The van der Waals surface area contributed by atoms with Crippen molar-refractivity contribution < 1.29 is 9.45 Å². The van der Waals surface area contributed by atoms with Crippen LogP contribution in [0.25, 0.3) is 0 Å². The van der Waals surface area contributed by atoms with Crippen LogP contribution in [0.3, 0.4) is 0 Å². The maximum Gasteiger partial charge on any atom is 0.366 e. The van der Waals surface area contributed by atoms with Crippen LogP contribution in [0, 0.1) is 10.8 Å². The van der Waals surface area contributed by atoms with Crippen molar-refractivity contribution in [3.8, 4) is 0 Å². The van der Waals surface area contributed by atoms with Crippen LogP contribution < -0.4 is 0 Å². The fourth-order valence-corrected chi connectivity index (χ4v) is 1.69. The first-order valence-corrected chi connectivity index (χ1v) is 5.67. The molecule has 1 rings (SSSR count). The summed E-state index contributed by atoms with van der Waals surface area (Å²) >= 11 is 0. The van der Waals surface area contributed by atoms with Crippen molar-refractivity contribution >= 4 is 13.3 Å². The van der Waals surface area contributed by atoms with Crippen molar-refractivity contribution in [1.29, 1.82) is 0 Å². The van der Waals surface area contributed by atoms with Gasteiger partial charge in [0.1, 0.15) is 5.76 Å². The lowest BCUT2D eigenvalue weighted by Crippen LogP contribution is -2.22. The average molecular weight is 219 g/mol. The summed E-state index contributed by atoms with van der Waals surface area (Å²) in [4.78, 5) is 12.0. The molecule has 16 heavy (non-hydrogen) atoms. The van der Waals surface area contributed by atoms with E-state index in [2.05, 4.69) is 39.8 Å². The molecule has 0 amide bonds. The summed E-state index contributed by atoms with van der Waals surface area (Å²) in [5, 5.41) is 0. The second-order valence-corrected chi connectivity index (χ2v) is 5.61. The second-order valence-electron chi connectivity index (χ2n) is 5.61. The molecule has 0 aromatic carbocycles. The van der Waals surface area contributed by atoms with E-state index in [4.69, 9.17) is 4.65 Å². The third kappa shape index (κ3) is 3.55. The molecule has 0 bridgehead atoms. The lowest BCUT2D eigenvalue weighted by molar-refractivity contribution is -0.119. The smallest absolute Gasteiger partial charge is 0.366 e. The van der Waals surface area contributed by atoms with Gasteiger partial charge in [-0.15, -0.1) is 0 Å². The summed E-state index contributed by atoms with van der Waals surface area (Å²) in [6, 6.07) is 0. The van der Waals surface area contributed by atoms with Gasteiger partial charge in [-0.3, -0.25) is 4.79 Å². The van der Waals surface area contributed by atoms with Gasteiger partial charge < -0.3 is 4.65 Å². The maximum atomic E-state index is 12.0. The molecule has 0 aromatic heterocycles. The van der Waals surface area contributed by atoms with Gasteiger partial charge >= 0.3 is 7.48 Å². The summed E-state index contributed by atoms with van der Waals surface area (Å²) < 4.78 is 5.31. The van der Waals surface area contributed by atoms with Gasteiger partial charge in [0.15, 0.2) is 5.78 Å². The molecule has 0 heterocycles. The summed E-state index contributed by atoms with van der Waals surface area (Å²) in [5.41, 5.74) is -0.253. The predicted molar refractivity (Wildman–Crippen MR) is 67.1 cm³/mol. The lowest BCUT2D eigenvalue weighted by Gasteiger charge is -2.27. The quantitative estimate of drug-likeness (QED) is 0.526. The standard InChI is InChI=1S/C13H20BO2/c1-12(2)6-7-13(3,4)9-11(16-14-5)10(15)8-12/h6-7,9H,8H2,1-5H3. The van der Waals surface area contributed by atoms with Gasteiger partial charge in [-0.2, -0.15) is 0 Å². The molecule has 0 aromatic rings. The minimum absolute atomic E-state index is 0.0699. The monoisotopic (exact) mass is 219 g/mol. The van der Waals surface area contributed by atoms with E-state index in [1.165, 1.54) is 0 Å². The number of rotatable bonds is 2. The molecule has 0 atom stereocenters. The lowest BCUT2D eigenvalue weighted by atomic mass is 9.79. The van der Waals surface area contributed by atoms with Crippen LogP contribution >= 0.6 is 0 Å². The molecule has 2 nitrogen and oxygen atoms in total. The van der Waals surface area contributed by atoms with Crippen LogP contribution in [0.15, 0.2) is 24.0 Å². The Kier molecular flexibility index (Phi) is 3.66. The molecular formula is C13H20BO2. The van der Waals surface area contributed by atoms with Crippen molar-refractivity contribution in [3.63, 3.8) is 0 Å². The Bertz CT molecular complexity index is 338. The molecule has 1 aliphatic rings. The zero-order chi connectivity index (χ0) is 12.4. The number of ketones is 1. The maximum absolute atomic E-state index is 12.0. The molecule has 0 fully saturated rings. The minimum Gasteiger partial charge on any atom is -0.561 e. The molecule has 0 saturated heterocycles. The van der Waals surface area contributed by atoms with E-state index in [0.29, 0.717) is 12.2 Å². The van der Waals surface area contributed by atoms with Gasteiger partial charge in [0.2, 0.25) is 0 Å². The van der Waals surface area contributed by atoms with Gasteiger partial charge in [0.05, 0.1) is 0 Å². The van der Waals surface area contributed by atoms with Crippen molar-refractivity contribution in [2.75, 3.05) is 0 Å². The van der Waals surface area contributed by atoms with E-state index in [-0.39, 0.29) is 16.6 Å². The largest absolute Gasteiger partial charge is 0.561 e. The van der Waals surface area contributed by atoms with E-state index in [1.807, 2.05) is 6.08 Å². The summed E-state index contributed by atoms with van der Waals surface area (Å²) in [5.74, 6) is 0.533. The van der Waals surface area contributed by atoms with Crippen molar-refractivity contribution in [2.24, 2.45) is 10.8 Å². The summed E-state index contributed by atoms with van der Waals surface area (Å²) in [6.45, 7) is 10.0. The van der Waals surface area contributed by atoms with Crippen LogP contribution in [0.1, 0.15) is 34.1 Å². The highest BCUT2D eigenvalue weighted by Crippen LogP contribution is 2.32. The van der Waals surface area contributed by atoms with Crippen LogP contribution in [-0.4, -0.2) is 13.3 Å². The second kappa shape index (κ2) is 4.48. The molecule has 0 N–H and O–H groups in total. The normalized spacial score (nSPS) is 23.1. The highest BCUT2D eigenvalue weighted by atomic mass is 16.4. The van der Waals surface area contributed by atoms with Gasteiger partial charge in [-0.25, -0.2) is 0 Å². The van der Waals surface area contributed by atoms with Crippen LogP contribution in [0.4, 0.5) is 0 Å². The Labute approximate surface area is 99.0 Å². The van der Waals surface area contributed by atoms with Crippen molar-refractivity contribution in [1.82, 2.24) is 0 Å². The molecule has 87 valence electrons.